The monoisotopic (exact) mass is 419 g/mol. The highest BCUT2D eigenvalue weighted by Crippen LogP contribution is 2.36. The maximum absolute atomic E-state index is 13.3. The molecule has 0 bridgehead atoms. The summed E-state index contributed by atoms with van der Waals surface area (Å²) in [6, 6.07) is 11.1. The van der Waals surface area contributed by atoms with Crippen LogP contribution < -0.4 is 10.2 Å². The molecule has 1 N–H and O–H groups in total. The van der Waals surface area contributed by atoms with Crippen LogP contribution in [0, 0.1) is 23.1 Å². The molecule has 2 aromatic carbocycles. The van der Waals surface area contributed by atoms with E-state index >= 15 is 0 Å². The number of benzene rings is 2. The molecule has 30 heavy (non-hydrogen) atoms. The minimum absolute atomic E-state index is 0.0802. The molecule has 4 nitrogen and oxygen atoms in total. The van der Waals surface area contributed by atoms with Gasteiger partial charge in [-0.15, -0.1) is 0 Å². The lowest BCUT2D eigenvalue weighted by Crippen LogP contribution is -2.39. The maximum atomic E-state index is 13.3. The number of carbonyl (C=O) groups is 1. The van der Waals surface area contributed by atoms with Crippen molar-refractivity contribution in [3.05, 3.63) is 65.0 Å². The Bertz CT molecular complexity index is 931. The average molecular weight is 419 g/mol. The third-order valence-electron chi connectivity index (χ3n) is 4.95. The van der Waals surface area contributed by atoms with E-state index in [1.54, 1.807) is 23.1 Å². The Balaban J connectivity index is 1.66. The average Bonchev–Trinajstić information content (AvgIpc) is 3.52. The highest BCUT2D eigenvalue weighted by Gasteiger charge is 2.35. The zero-order valence-corrected chi connectivity index (χ0v) is 16.2. The van der Waals surface area contributed by atoms with Gasteiger partial charge in [-0.05, 0) is 61.1 Å². The molecule has 8 heteroatoms. The number of anilines is 1. The van der Waals surface area contributed by atoms with E-state index < -0.39 is 17.3 Å². The zero-order valence-electron chi connectivity index (χ0n) is 16.2. The van der Waals surface area contributed by atoms with Crippen molar-refractivity contribution in [3.8, 4) is 6.07 Å². The van der Waals surface area contributed by atoms with Crippen molar-refractivity contribution >= 4 is 11.6 Å². The van der Waals surface area contributed by atoms with E-state index in [0.29, 0.717) is 25.4 Å². The summed E-state index contributed by atoms with van der Waals surface area (Å²) >= 11 is 0. The highest BCUT2D eigenvalue weighted by molar-refractivity contribution is 5.81. The molecule has 0 saturated heterocycles. The van der Waals surface area contributed by atoms with Crippen LogP contribution in [-0.2, 0) is 17.4 Å². The summed E-state index contributed by atoms with van der Waals surface area (Å²) in [6.07, 6.45) is -2.18. The highest BCUT2D eigenvalue weighted by atomic mass is 19.4. The van der Waals surface area contributed by atoms with Gasteiger partial charge >= 0.3 is 6.18 Å². The molecule has 0 aromatic heterocycles. The molecule has 0 unspecified atom stereocenters. The Labute approximate surface area is 172 Å². The number of nitrogens with zero attached hydrogens (tertiary/aromatic N) is 2. The van der Waals surface area contributed by atoms with Gasteiger partial charge in [0.25, 0.3) is 0 Å². The number of alkyl halides is 3. The van der Waals surface area contributed by atoms with Gasteiger partial charge < -0.3 is 10.2 Å². The molecule has 2 aromatic rings. The molecule has 0 heterocycles. The van der Waals surface area contributed by atoms with Gasteiger partial charge in [0.05, 0.1) is 23.7 Å². The Morgan fingerprint density at radius 3 is 2.47 bits per heavy atom. The lowest BCUT2D eigenvalue weighted by molar-refractivity contribution is -0.137. The first-order chi connectivity index (χ1) is 14.3. The van der Waals surface area contributed by atoms with Crippen molar-refractivity contribution in [2.24, 2.45) is 5.92 Å². The summed E-state index contributed by atoms with van der Waals surface area (Å²) < 4.78 is 52.8. The smallest absolute Gasteiger partial charge is 0.362 e. The van der Waals surface area contributed by atoms with E-state index in [-0.39, 0.29) is 24.0 Å². The second-order valence-corrected chi connectivity index (χ2v) is 7.39. The van der Waals surface area contributed by atoms with Crippen LogP contribution in [0.25, 0.3) is 0 Å². The van der Waals surface area contributed by atoms with Crippen LogP contribution >= 0.6 is 0 Å². The third-order valence-corrected chi connectivity index (χ3v) is 4.95. The van der Waals surface area contributed by atoms with E-state index in [2.05, 4.69) is 5.32 Å². The van der Waals surface area contributed by atoms with Crippen molar-refractivity contribution in [1.82, 2.24) is 5.32 Å². The van der Waals surface area contributed by atoms with Crippen molar-refractivity contribution in [2.75, 3.05) is 24.5 Å². The number of rotatable bonds is 8. The van der Waals surface area contributed by atoms with E-state index in [4.69, 9.17) is 5.26 Å². The summed E-state index contributed by atoms with van der Waals surface area (Å²) in [5.41, 5.74) is -0.309. The maximum Gasteiger partial charge on any atom is 0.417 e. The van der Waals surface area contributed by atoms with Crippen molar-refractivity contribution in [2.45, 2.75) is 25.4 Å². The fourth-order valence-electron chi connectivity index (χ4n) is 3.16. The first kappa shape index (κ1) is 21.6. The largest absolute Gasteiger partial charge is 0.417 e. The van der Waals surface area contributed by atoms with Crippen LogP contribution in [-0.4, -0.2) is 25.5 Å². The zero-order chi connectivity index (χ0) is 21.7. The van der Waals surface area contributed by atoms with Gasteiger partial charge in [-0.25, -0.2) is 4.39 Å². The number of hydrogen-bond donors (Lipinski definition) is 1. The molecular weight excluding hydrogens is 398 g/mol. The van der Waals surface area contributed by atoms with Crippen molar-refractivity contribution in [1.29, 1.82) is 5.26 Å². The minimum atomic E-state index is -4.65. The Morgan fingerprint density at radius 2 is 1.87 bits per heavy atom. The van der Waals surface area contributed by atoms with Gasteiger partial charge in [-0.1, -0.05) is 12.1 Å². The number of amides is 1. The minimum Gasteiger partial charge on any atom is -0.362 e. The van der Waals surface area contributed by atoms with Crippen LogP contribution in [0.5, 0.6) is 0 Å². The Morgan fingerprint density at radius 1 is 1.17 bits per heavy atom. The van der Waals surface area contributed by atoms with Crippen molar-refractivity contribution in [3.63, 3.8) is 0 Å². The van der Waals surface area contributed by atoms with Gasteiger partial charge in [-0.2, -0.15) is 18.4 Å². The summed E-state index contributed by atoms with van der Waals surface area (Å²) in [4.78, 5) is 14.0. The van der Waals surface area contributed by atoms with Gasteiger partial charge in [-0.3, -0.25) is 4.79 Å². The Kier molecular flexibility index (Phi) is 6.60. The number of nitriles is 1. The third kappa shape index (κ3) is 5.96. The first-order valence-corrected chi connectivity index (χ1v) is 9.63. The van der Waals surface area contributed by atoms with E-state index in [9.17, 15) is 22.4 Å². The molecule has 1 saturated carbocycles. The Hall–Kier alpha value is -3.08. The predicted octanol–water partition coefficient (Wildman–Crippen LogP) is 4.29. The van der Waals surface area contributed by atoms with Crippen LogP contribution in [0.2, 0.25) is 0 Å². The second kappa shape index (κ2) is 9.16. The quantitative estimate of drug-likeness (QED) is 0.650. The molecule has 1 aliphatic rings. The van der Waals surface area contributed by atoms with Gasteiger partial charge in [0.2, 0.25) is 5.91 Å². The molecule has 1 fully saturated rings. The summed E-state index contributed by atoms with van der Waals surface area (Å²) in [7, 11) is 0. The van der Waals surface area contributed by atoms with Crippen LogP contribution in [0.4, 0.5) is 23.2 Å². The van der Waals surface area contributed by atoms with E-state index in [1.807, 2.05) is 0 Å². The summed E-state index contributed by atoms with van der Waals surface area (Å²) in [5.74, 6) is -0.295. The topological polar surface area (TPSA) is 56.1 Å². The molecule has 0 spiro atoms. The molecule has 158 valence electrons. The molecule has 3 rings (SSSR count). The number of nitrogens with one attached hydrogen (secondary N) is 1. The standard InChI is InChI=1S/C22H21F4N3O/c23-18-6-3-15(4-7-18)9-10-28-21(30)14-29(13-16-1-2-16)19-8-5-17(12-27)20(11-19)22(24,25)26/h3-8,11,16H,1-2,9-10,13-14H2,(H,28,30). The lowest BCUT2D eigenvalue weighted by Gasteiger charge is -2.25. The fraction of sp³-hybridized carbons (Fsp3) is 0.364. The van der Waals surface area contributed by atoms with Gasteiger partial charge in [0.1, 0.15) is 5.82 Å². The normalized spacial score (nSPS) is 13.6. The van der Waals surface area contributed by atoms with Crippen LogP contribution in [0.15, 0.2) is 42.5 Å². The van der Waals surface area contributed by atoms with E-state index in [0.717, 1.165) is 30.5 Å². The second-order valence-electron chi connectivity index (χ2n) is 7.39. The first-order valence-electron chi connectivity index (χ1n) is 9.63. The number of halogens is 4. The molecular formula is C22H21F4N3O. The molecule has 1 aliphatic carbocycles. The van der Waals surface area contributed by atoms with E-state index in [1.165, 1.54) is 18.2 Å². The van der Waals surface area contributed by atoms with Crippen LogP contribution in [0.1, 0.15) is 29.5 Å². The fourth-order valence-corrected chi connectivity index (χ4v) is 3.16. The van der Waals surface area contributed by atoms with Gasteiger partial charge in [0, 0.05) is 18.8 Å². The summed E-state index contributed by atoms with van der Waals surface area (Å²) in [6.45, 7) is 0.737. The number of carbonyl (C=O) groups excluding carboxylic acids is 1. The molecule has 0 atom stereocenters. The van der Waals surface area contributed by atoms with Crippen LogP contribution in [0.3, 0.4) is 0 Å². The van der Waals surface area contributed by atoms with Gasteiger partial charge in [0.15, 0.2) is 0 Å². The lowest BCUT2D eigenvalue weighted by atomic mass is 10.1. The predicted molar refractivity (Wildman–Crippen MR) is 104 cm³/mol. The SMILES string of the molecule is N#Cc1ccc(N(CC(=O)NCCc2ccc(F)cc2)CC2CC2)cc1C(F)(F)F. The van der Waals surface area contributed by atoms with Crippen molar-refractivity contribution < 1.29 is 22.4 Å². The molecule has 0 aliphatic heterocycles. The molecule has 0 radical (unpaired) electrons. The summed E-state index contributed by atoms with van der Waals surface area (Å²) in [5, 5.41) is 11.7. The molecule has 1 amide bonds. The number of hydrogen-bond acceptors (Lipinski definition) is 3.